The van der Waals surface area contributed by atoms with Crippen molar-refractivity contribution in [3.63, 3.8) is 0 Å². The molecule has 0 saturated carbocycles. The first-order valence-electron chi connectivity index (χ1n) is 6.05. The van der Waals surface area contributed by atoms with E-state index in [4.69, 9.17) is 29.6 Å². The maximum absolute atomic E-state index is 13.3. The maximum atomic E-state index is 13.3. The lowest BCUT2D eigenvalue weighted by Gasteiger charge is -2.12. The Hall–Kier alpha value is -1.98. The highest BCUT2D eigenvalue weighted by Gasteiger charge is 2.14. The topological polar surface area (TPSA) is 55.1 Å². The number of hydrogen-bond acceptors (Lipinski definition) is 2. The van der Waals surface area contributed by atoms with Gasteiger partial charge in [-0.15, -0.1) is 0 Å². The highest BCUT2D eigenvalue weighted by Crippen LogP contribution is 2.22. The van der Waals surface area contributed by atoms with Crippen LogP contribution in [0.15, 0.2) is 36.4 Å². The first kappa shape index (κ1) is 15.4. The summed E-state index contributed by atoms with van der Waals surface area (Å²) in [6, 6.07) is 8.80. The van der Waals surface area contributed by atoms with Gasteiger partial charge in [0.2, 0.25) is 0 Å². The molecule has 108 valence electrons. The third-order valence-electron chi connectivity index (χ3n) is 2.94. The number of hydrogen-bond donors (Lipinski definition) is 2. The zero-order valence-corrected chi connectivity index (χ0v) is 12.7. The molecule has 21 heavy (non-hydrogen) atoms. The summed E-state index contributed by atoms with van der Waals surface area (Å²) in [6.45, 7) is 1.72. The van der Waals surface area contributed by atoms with Gasteiger partial charge in [0.15, 0.2) is 0 Å². The molecule has 2 aromatic rings. The Labute approximate surface area is 131 Å². The van der Waals surface area contributed by atoms with E-state index < -0.39 is 11.7 Å². The number of anilines is 1. The van der Waals surface area contributed by atoms with Gasteiger partial charge < -0.3 is 11.1 Å². The first-order valence-corrected chi connectivity index (χ1v) is 6.84. The molecule has 0 bridgehead atoms. The van der Waals surface area contributed by atoms with Gasteiger partial charge >= 0.3 is 0 Å². The Kier molecular flexibility index (Phi) is 4.55. The summed E-state index contributed by atoms with van der Waals surface area (Å²) in [5.41, 5.74) is 7.40. The van der Waals surface area contributed by atoms with Crippen molar-refractivity contribution in [3.8, 4) is 0 Å². The van der Waals surface area contributed by atoms with Crippen LogP contribution in [0.4, 0.5) is 10.1 Å². The summed E-state index contributed by atoms with van der Waals surface area (Å²) >= 11 is 10.8. The third kappa shape index (κ3) is 3.56. The third-order valence-corrected chi connectivity index (χ3v) is 3.39. The molecular formula is C15H12ClFN2OS. The summed E-state index contributed by atoms with van der Waals surface area (Å²) in [5.74, 6) is -0.932. The summed E-state index contributed by atoms with van der Waals surface area (Å²) in [7, 11) is 0. The normalized spacial score (nSPS) is 10.2. The van der Waals surface area contributed by atoms with Crippen molar-refractivity contribution in [2.45, 2.75) is 6.92 Å². The molecule has 3 N–H and O–H groups in total. The highest BCUT2D eigenvalue weighted by atomic mass is 35.5. The van der Waals surface area contributed by atoms with Crippen LogP contribution in [0.5, 0.6) is 0 Å². The van der Waals surface area contributed by atoms with Crippen LogP contribution in [0.1, 0.15) is 21.5 Å². The molecule has 0 unspecified atom stereocenters. The molecule has 2 rings (SSSR count). The number of nitrogens with two attached hydrogens (primary N) is 1. The molecule has 0 aliphatic heterocycles. The molecule has 0 aliphatic rings. The number of thiocarbonyl (C=S) groups is 1. The lowest BCUT2D eigenvalue weighted by molar-refractivity contribution is 0.102. The van der Waals surface area contributed by atoms with Crippen LogP contribution >= 0.6 is 23.8 Å². The van der Waals surface area contributed by atoms with E-state index in [1.54, 1.807) is 25.1 Å². The maximum Gasteiger partial charge on any atom is 0.256 e. The van der Waals surface area contributed by atoms with E-state index in [-0.39, 0.29) is 10.6 Å². The number of nitrogens with one attached hydrogen (secondary N) is 1. The van der Waals surface area contributed by atoms with Crippen molar-refractivity contribution >= 4 is 40.4 Å². The molecule has 6 heteroatoms. The minimum absolute atomic E-state index is 0.137. The van der Waals surface area contributed by atoms with Crippen LogP contribution in [0.25, 0.3) is 0 Å². The van der Waals surface area contributed by atoms with Crippen LogP contribution in [0.2, 0.25) is 5.02 Å². The number of rotatable bonds is 3. The average molecular weight is 323 g/mol. The van der Waals surface area contributed by atoms with Gasteiger partial charge in [-0.1, -0.05) is 29.9 Å². The number of carbonyl (C=O) groups is 1. The lowest BCUT2D eigenvalue weighted by Crippen LogP contribution is -2.18. The molecule has 3 nitrogen and oxygen atoms in total. The first-order chi connectivity index (χ1) is 9.88. The van der Waals surface area contributed by atoms with Gasteiger partial charge in [0.1, 0.15) is 10.8 Å². The number of carbonyl (C=O) groups excluding carboxylic acids is 1. The van der Waals surface area contributed by atoms with Crippen molar-refractivity contribution in [2.24, 2.45) is 5.73 Å². The molecule has 0 aromatic heterocycles. The molecule has 1 amide bonds. The fourth-order valence-corrected chi connectivity index (χ4v) is 2.21. The van der Waals surface area contributed by atoms with Crippen molar-refractivity contribution in [1.29, 1.82) is 0 Å². The summed E-state index contributed by atoms with van der Waals surface area (Å²) in [6.07, 6.45) is 0. The lowest BCUT2D eigenvalue weighted by atomic mass is 10.1. The molecule has 0 spiro atoms. The Balaban J connectivity index is 2.38. The Morgan fingerprint density at radius 1 is 1.24 bits per heavy atom. The minimum Gasteiger partial charge on any atom is -0.389 e. The van der Waals surface area contributed by atoms with E-state index in [0.29, 0.717) is 21.8 Å². The average Bonchev–Trinajstić information content (AvgIpc) is 2.41. The van der Waals surface area contributed by atoms with Gasteiger partial charge in [-0.3, -0.25) is 4.79 Å². The van der Waals surface area contributed by atoms with Gasteiger partial charge in [0, 0.05) is 16.1 Å². The summed E-state index contributed by atoms with van der Waals surface area (Å²) in [4.78, 5) is 12.4. The number of halogens is 2. The standard InChI is InChI=1S/C15H12ClFN2OS/c1-8-2-4-10(17)7-12(8)15(20)19-13-6-9(16)3-5-11(13)14(18)21/h2-7H,1H3,(H2,18,21)(H,19,20). The van der Waals surface area contributed by atoms with Crippen LogP contribution in [-0.4, -0.2) is 10.9 Å². The molecule has 2 aromatic carbocycles. The van der Waals surface area contributed by atoms with E-state index in [1.165, 1.54) is 18.2 Å². The van der Waals surface area contributed by atoms with Crippen molar-refractivity contribution < 1.29 is 9.18 Å². The molecule has 0 saturated heterocycles. The Morgan fingerprint density at radius 2 is 1.95 bits per heavy atom. The molecule has 0 heterocycles. The number of benzene rings is 2. The second kappa shape index (κ2) is 6.20. The predicted molar refractivity (Wildman–Crippen MR) is 86.4 cm³/mol. The van der Waals surface area contributed by atoms with Gasteiger partial charge in [0.25, 0.3) is 5.91 Å². The molecular weight excluding hydrogens is 311 g/mol. The van der Waals surface area contributed by atoms with Crippen LogP contribution in [0, 0.1) is 12.7 Å². The highest BCUT2D eigenvalue weighted by molar-refractivity contribution is 7.80. The zero-order chi connectivity index (χ0) is 15.6. The SMILES string of the molecule is Cc1ccc(F)cc1C(=O)Nc1cc(Cl)ccc1C(N)=S. The Bertz CT molecular complexity index is 734. The van der Waals surface area contributed by atoms with Gasteiger partial charge in [-0.25, -0.2) is 4.39 Å². The molecule has 0 fully saturated rings. The van der Waals surface area contributed by atoms with Crippen LogP contribution in [0.3, 0.4) is 0 Å². The molecule has 0 radical (unpaired) electrons. The van der Waals surface area contributed by atoms with Gasteiger partial charge in [-0.05, 0) is 42.8 Å². The van der Waals surface area contributed by atoms with E-state index in [9.17, 15) is 9.18 Å². The van der Waals surface area contributed by atoms with Crippen molar-refractivity contribution in [1.82, 2.24) is 0 Å². The van der Waals surface area contributed by atoms with E-state index in [0.717, 1.165) is 0 Å². The van der Waals surface area contributed by atoms with Crippen LogP contribution < -0.4 is 11.1 Å². The fraction of sp³-hybridized carbons (Fsp3) is 0.0667. The largest absolute Gasteiger partial charge is 0.389 e. The van der Waals surface area contributed by atoms with E-state index in [2.05, 4.69) is 5.32 Å². The van der Waals surface area contributed by atoms with Gasteiger partial charge in [-0.2, -0.15) is 0 Å². The number of aryl methyl sites for hydroxylation is 1. The zero-order valence-electron chi connectivity index (χ0n) is 11.1. The Morgan fingerprint density at radius 3 is 2.62 bits per heavy atom. The van der Waals surface area contributed by atoms with Crippen LogP contribution in [-0.2, 0) is 0 Å². The van der Waals surface area contributed by atoms with E-state index >= 15 is 0 Å². The van der Waals surface area contributed by atoms with E-state index in [1.807, 2.05) is 0 Å². The molecule has 0 aliphatic carbocycles. The second-order valence-electron chi connectivity index (χ2n) is 4.47. The smallest absolute Gasteiger partial charge is 0.256 e. The second-order valence-corrected chi connectivity index (χ2v) is 5.34. The number of amides is 1. The molecule has 0 atom stereocenters. The predicted octanol–water partition coefficient (Wildman–Crippen LogP) is 3.67. The summed E-state index contributed by atoms with van der Waals surface area (Å²) in [5, 5.41) is 3.09. The van der Waals surface area contributed by atoms with Crippen molar-refractivity contribution in [2.75, 3.05) is 5.32 Å². The summed E-state index contributed by atoms with van der Waals surface area (Å²) < 4.78 is 13.3. The van der Waals surface area contributed by atoms with Gasteiger partial charge in [0.05, 0.1) is 5.69 Å². The quantitative estimate of drug-likeness (QED) is 0.848. The minimum atomic E-state index is -0.480. The monoisotopic (exact) mass is 322 g/mol. The van der Waals surface area contributed by atoms with Crippen molar-refractivity contribution in [3.05, 3.63) is 63.9 Å². The fourth-order valence-electron chi connectivity index (χ4n) is 1.86.